The standard InChI is InChI=1S/C26H31N3O7/c1-7-36-26(34)20-14(2)18(15(3)27-20)22(30)19-21(16-8-10-17(11-9-16)25(33)35-6)29(13-12-28(4)5)24(32)23(19)31/h8-11,21,27,30H,7,12-13H2,1-6H3/t21-/m0/s1. The highest BCUT2D eigenvalue weighted by atomic mass is 16.5. The number of H-pyrrole nitrogens is 1. The molecule has 0 spiro atoms. The summed E-state index contributed by atoms with van der Waals surface area (Å²) in [7, 11) is 4.97. The first-order chi connectivity index (χ1) is 17.0. The van der Waals surface area contributed by atoms with Crippen LogP contribution < -0.4 is 0 Å². The van der Waals surface area contributed by atoms with Crippen LogP contribution in [0.1, 0.15) is 56.2 Å². The Morgan fingerprint density at radius 1 is 1.11 bits per heavy atom. The number of carbonyl (C=O) groups excluding carboxylic acids is 4. The van der Waals surface area contributed by atoms with Gasteiger partial charge in [0.15, 0.2) is 0 Å². The van der Waals surface area contributed by atoms with E-state index in [9.17, 15) is 24.3 Å². The van der Waals surface area contributed by atoms with E-state index < -0.39 is 29.7 Å². The van der Waals surface area contributed by atoms with Crippen LogP contribution in [0.25, 0.3) is 5.76 Å². The molecule has 2 N–H and O–H groups in total. The van der Waals surface area contributed by atoms with Crippen molar-refractivity contribution in [2.45, 2.75) is 26.8 Å². The molecule has 1 amide bonds. The Labute approximate surface area is 209 Å². The van der Waals surface area contributed by atoms with Gasteiger partial charge in [0.2, 0.25) is 0 Å². The molecule has 10 nitrogen and oxygen atoms in total. The molecule has 0 saturated carbocycles. The smallest absolute Gasteiger partial charge is 0.355 e. The summed E-state index contributed by atoms with van der Waals surface area (Å²) >= 11 is 0. The summed E-state index contributed by atoms with van der Waals surface area (Å²) in [6, 6.07) is 5.44. The Kier molecular flexibility index (Phi) is 7.99. The zero-order valence-electron chi connectivity index (χ0n) is 21.3. The molecule has 1 aromatic heterocycles. The summed E-state index contributed by atoms with van der Waals surface area (Å²) in [5, 5.41) is 11.4. The Bertz CT molecular complexity index is 1220. The molecule has 1 aliphatic heterocycles. The van der Waals surface area contributed by atoms with Crippen molar-refractivity contribution in [2.75, 3.05) is 40.9 Å². The lowest BCUT2D eigenvalue weighted by Gasteiger charge is -2.26. The van der Waals surface area contributed by atoms with E-state index in [-0.39, 0.29) is 35.7 Å². The summed E-state index contributed by atoms with van der Waals surface area (Å²) in [4.78, 5) is 56.8. The second-order valence-corrected chi connectivity index (χ2v) is 8.75. The number of ketones is 1. The number of Topliss-reactive ketones (excluding diaryl/α,β-unsaturated/α-hetero) is 1. The maximum absolute atomic E-state index is 13.2. The van der Waals surface area contributed by atoms with Crippen molar-refractivity contribution >= 4 is 29.4 Å². The fourth-order valence-corrected chi connectivity index (χ4v) is 4.33. The quantitative estimate of drug-likeness (QED) is 0.246. The van der Waals surface area contributed by atoms with Crippen molar-refractivity contribution in [3.8, 4) is 0 Å². The Morgan fingerprint density at radius 2 is 1.75 bits per heavy atom. The minimum absolute atomic E-state index is 0.0924. The van der Waals surface area contributed by atoms with Crippen molar-refractivity contribution in [2.24, 2.45) is 0 Å². The van der Waals surface area contributed by atoms with Crippen molar-refractivity contribution in [3.05, 3.63) is 63.5 Å². The van der Waals surface area contributed by atoms with Crippen LogP contribution in [0, 0.1) is 13.8 Å². The zero-order chi connectivity index (χ0) is 26.7. The van der Waals surface area contributed by atoms with Crippen LogP contribution in [0.15, 0.2) is 29.8 Å². The van der Waals surface area contributed by atoms with Crippen LogP contribution in [-0.4, -0.2) is 84.4 Å². The lowest BCUT2D eigenvalue weighted by molar-refractivity contribution is -0.140. The van der Waals surface area contributed by atoms with E-state index >= 15 is 0 Å². The number of ether oxygens (including phenoxy) is 2. The van der Waals surface area contributed by atoms with E-state index in [1.807, 2.05) is 19.0 Å². The lowest BCUT2D eigenvalue weighted by atomic mass is 9.93. The predicted molar refractivity (Wildman–Crippen MR) is 132 cm³/mol. The molecular formula is C26H31N3O7. The normalized spacial score (nSPS) is 17.1. The third-order valence-electron chi connectivity index (χ3n) is 6.13. The Hall–Kier alpha value is -3.92. The molecular weight excluding hydrogens is 466 g/mol. The fourth-order valence-electron chi connectivity index (χ4n) is 4.33. The summed E-state index contributed by atoms with van der Waals surface area (Å²) in [6.45, 7) is 5.87. The number of aliphatic hydroxyl groups excluding tert-OH is 1. The van der Waals surface area contributed by atoms with Crippen LogP contribution >= 0.6 is 0 Å². The summed E-state index contributed by atoms with van der Waals surface area (Å²) in [5.74, 6) is -3.06. The van der Waals surface area contributed by atoms with Crippen molar-refractivity contribution in [1.82, 2.24) is 14.8 Å². The van der Waals surface area contributed by atoms with Gasteiger partial charge in [-0.25, -0.2) is 9.59 Å². The van der Waals surface area contributed by atoms with Crippen LogP contribution in [0.2, 0.25) is 0 Å². The molecule has 192 valence electrons. The molecule has 1 saturated heterocycles. The Morgan fingerprint density at radius 3 is 2.31 bits per heavy atom. The highest BCUT2D eigenvalue weighted by Crippen LogP contribution is 2.40. The van der Waals surface area contributed by atoms with Gasteiger partial charge in [0.05, 0.1) is 30.9 Å². The molecule has 1 atom stereocenters. The average molecular weight is 498 g/mol. The number of rotatable bonds is 8. The van der Waals surface area contributed by atoms with Gasteiger partial charge in [-0.05, 0) is 58.1 Å². The number of aromatic nitrogens is 1. The molecule has 0 aliphatic carbocycles. The maximum Gasteiger partial charge on any atom is 0.355 e. The largest absolute Gasteiger partial charge is 0.507 e. The van der Waals surface area contributed by atoms with Crippen LogP contribution in [0.3, 0.4) is 0 Å². The first kappa shape index (κ1) is 26.7. The number of amides is 1. The number of likely N-dealkylation sites (tertiary alicyclic amines) is 1. The van der Waals surface area contributed by atoms with Crippen LogP contribution in [-0.2, 0) is 19.1 Å². The SMILES string of the molecule is CCOC(=O)c1[nH]c(C)c(C(O)=C2C(=O)C(=O)N(CCN(C)C)[C@H]2c2ccc(C(=O)OC)cc2)c1C. The number of benzene rings is 1. The van der Waals surface area contributed by atoms with Crippen molar-refractivity contribution < 1.29 is 33.8 Å². The van der Waals surface area contributed by atoms with E-state index in [1.165, 1.54) is 12.0 Å². The molecule has 10 heteroatoms. The minimum Gasteiger partial charge on any atom is -0.507 e. The van der Waals surface area contributed by atoms with E-state index in [0.29, 0.717) is 28.9 Å². The van der Waals surface area contributed by atoms with Crippen LogP contribution in [0.5, 0.6) is 0 Å². The molecule has 0 bridgehead atoms. The number of methoxy groups -OCH3 is 1. The van der Waals surface area contributed by atoms with Gasteiger partial charge < -0.3 is 29.4 Å². The number of carbonyl (C=O) groups is 4. The number of hydrogen-bond acceptors (Lipinski definition) is 8. The second-order valence-electron chi connectivity index (χ2n) is 8.75. The van der Waals surface area contributed by atoms with Crippen molar-refractivity contribution in [1.29, 1.82) is 0 Å². The topological polar surface area (TPSA) is 129 Å². The average Bonchev–Trinajstić information content (AvgIpc) is 3.29. The highest BCUT2D eigenvalue weighted by Gasteiger charge is 2.46. The molecule has 36 heavy (non-hydrogen) atoms. The molecule has 1 fully saturated rings. The number of nitrogens with one attached hydrogen (secondary N) is 1. The minimum atomic E-state index is -0.892. The van der Waals surface area contributed by atoms with E-state index in [1.54, 1.807) is 45.0 Å². The molecule has 2 aromatic rings. The van der Waals surface area contributed by atoms with E-state index in [2.05, 4.69) is 4.98 Å². The summed E-state index contributed by atoms with van der Waals surface area (Å²) in [5.41, 5.74) is 2.04. The van der Waals surface area contributed by atoms with Gasteiger partial charge in [0, 0.05) is 24.3 Å². The maximum atomic E-state index is 13.2. The highest BCUT2D eigenvalue weighted by molar-refractivity contribution is 6.46. The molecule has 1 aromatic carbocycles. The summed E-state index contributed by atoms with van der Waals surface area (Å²) < 4.78 is 9.83. The number of aliphatic hydroxyl groups is 1. The van der Waals surface area contributed by atoms with E-state index in [4.69, 9.17) is 9.47 Å². The van der Waals surface area contributed by atoms with Gasteiger partial charge in [-0.1, -0.05) is 12.1 Å². The Balaban J connectivity index is 2.19. The number of nitrogens with zero attached hydrogens (tertiary/aromatic N) is 2. The van der Waals surface area contributed by atoms with E-state index in [0.717, 1.165) is 0 Å². The second kappa shape index (κ2) is 10.8. The van der Waals surface area contributed by atoms with Gasteiger partial charge in [0.1, 0.15) is 11.5 Å². The first-order valence-corrected chi connectivity index (χ1v) is 11.5. The summed E-state index contributed by atoms with van der Waals surface area (Å²) in [6.07, 6.45) is 0. The number of aromatic amines is 1. The fraction of sp³-hybridized carbons (Fsp3) is 0.385. The molecule has 3 rings (SSSR count). The van der Waals surface area contributed by atoms with Gasteiger partial charge in [-0.3, -0.25) is 9.59 Å². The number of esters is 2. The van der Waals surface area contributed by atoms with Gasteiger partial charge in [-0.15, -0.1) is 0 Å². The van der Waals surface area contributed by atoms with Gasteiger partial charge >= 0.3 is 11.9 Å². The lowest BCUT2D eigenvalue weighted by Crippen LogP contribution is -2.35. The molecule has 2 heterocycles. The number of hydrogen-bond donors (Lipinski definition) is 2. The number of aryl methyl sites for hydroxylation is 1. The monoisotopic (exact) mass is 497 g/mol. The third-order valence-corrected chi connectivity index (χ3v) is 6.13. The van der Waals surface area contributed by atoms with Gasteiger partial charge in [-0.2, -0.15) is 0 Å². The van der Waals surface area contributed by atoms with Crippen molar-refractivity contribution in [3.63, 3.8) is 0 Å². The van der Waals surface area contributed by atoms with Crippen LogP contribution in [0.4, 0.5) is 0 Å². The first-order valence-electron chi connectivity index (χ1n) is 11.5. The van der Waals surface area contributed by atoms with Gasteiger partial charge in [0.25, 0.3) is 11.7 Å². The molecule has 0 unspecified atom stereocenters. The number of likely N-dealkylation sites (N-methyl/N-ethyl adjacent to an activating group) is 1. The molecule has 1 aliphatic rings. The zero-order valence-corrected chi connectivity index (χ0v) is 21.3. The predicted octanol–water partition coefficient (Wildman–Crippen LogP) is 2.58. The molecule has 0 radical (unpaired) electrons. The third kappa shape index (κ3) is 4.90.